The Morgan fingerprint density at radius 1 is 1.10 bits per heavy atom. The van der Waals surface area contributed by atoms with Gasteiger partial charge in [-0.1, -0.05) is 26.2 Å². The fraction of sp³-hybridized carbons (Fsp3) is 0.875. The molecule has 0 bridgehead atoms. The number of hydrogen-bond acceptors (Lipinski definition) is 3. The van der Waals surface area contributed by atoms with E-state index in [9.17, 15) is 0 Å². The largest absolute Gasteiger partial charge is 0.341 e. The monoisotopic (exact) mass is 308 g/mol. The Bertz CT molecular complexity index is 507. The lowest BCUT2D eigenvalue weighted by molar-refractivity contribution is 0.326. The van der Waals surface area contributed by atoms with Crippen LogP contribution in [0.15, 0.2) is 0 Å². The fourth-order valence-corrected chi connectivity index (χ4v) is 4.28. The van der Waals surface area contributed by atoms with E-state index < -0.39 is 0 Å². The Balaban J connectivity index is 1.80. The summed E-state index contributed by atoms with van der Waals surface area (Å²) < 4.78 is 3.10. The summed E-state index contributed by atoms with van der Waals surface area (Å²) in [5, 5.41) is 7.59. The molecule has 21 heavy (non-hydrogen) atoms. The summed E-state index contributed by atoms with van der Waals surface area (Å²) in [5.41, 5.74) is 0. The summed E-state index contributed by atoms with van der Waals surface area (Å²) in [6.45, 7) is 2.37. The van der Waals surface area contributed by atoms with Gasteiger partial charge in [0.1, 0.15) is 0 Å². The Hall–Kier alpha value is -0.840. The van der Waals surface area contributed by atoms with Gasteiger partial charge in [-0.3, -0.25) is 4.57 Å². The van der Waals surface area contributed by atoms with Gasteiger partial charge in [-0.05, 0) is 56.7 Å². The number of rotatable bonds is 3. The Kier molecular flexibility index (Phi) is 4.67. The van der Waals surface area contributed by atoms with Crippen LogP contribution in [0.25, 0.3) is 0 Å². The third-order valence-corrected chi connectivity index (χ3v) is 5.76. The maximum atomic E-state index is 5.51. The second-order valence-electron chi connectivity index (χ2n) is 7.02. The molecule has 0 radical (unpaired) electrons. The van der Waals surface area contributed by atoms with Crippen LogP contribution in [0.1, 0.15) is 70.8 Å². The van der Waals surface area contributed by atoms with Crippen molar-refractivity contribution in [1.82, 2.24) is 14.8 Å². The molecule has 2 aliphatic rings. The average molecular weight is 308 g/mol. The van der Waals surface area contributed by atoms with Crippen molar-refractivity contribution in [2.24, 2.45) is 5.92 Å². The maximum absolute atomic E-state index is 5.51. The van der Waals surface area contributed by atoms with Crippen LogP contribution >= 0.6 is 12.2 Å². The second-order valence-corrected chi connectivity index (χ2v) is 7.40. The minimum absolute atomic E-state index is 0.546. The highest BCUT2D eigenvalue weighted by molar-refractivity contribution is 7.71. The third kappa shape index (κ3) is 3.17. The fourth-order valence-electron chi connectivity index (χ4n) is 4.01. The molecule has 2 fully saturated rings. The van der Waals surface area contributed by atoms with E-state index in [-0.39, 0.29) is 0 Å². The van der Waals surface area contributed by atoms with E-state index >= 15 is 0 Å². The molecule has 4 nitrogen and oxygen atoms in total. The van der Waals surface area contributed by atoms with Gasteiger partial charge in [-0.25, -0.2) is 5.10 Å². The lowest BCUT2D eigenvalue weighted by atomic mass is 9.87. The van der Waals surface area contributed by atoms with Gasteiger partial charge >= 0.3 is 0 Å². The van der Waals surface area contributed by atoms with Crippen LogP contribution in [0.4, 0.5) is 5.95 Å². The normalized spacial score (nSPS) is 27.7. The SMILES string of the molecule is CC1CCC(N(C)c2n[nH]c(=S)n2C2CCCCC2)CC1. The van der Waals surface area contributed by atoms with E-state index in [1.807, 2.05) is 0 Å². The van der Waals surface area contributed by atoms with Crippen molar-refractivity contribution in [2.75, 3.05) is 11.9 Å². The molecule has 0 spiro atoms. The van der Waals surface area contributed by atoms with Crippen LogP contribution < -0.4 is 4.90 Å². The smallest absolute Gasteiger partial charge is 0.225 e. The molecular weight excluding hydrogens is 280 g/mol. The molecule has 5 heteroatoms. The number of H-pyrrole nitrogens is 1. The van der Waals surface area contributed by atoms with E-state index in [1.165, 1.54) is 57.8 Å². The number of aromatic amines is 1. The van der Waals surface area contributed by atoms with Crippen molar-refractivity contribution in [3.63, 3.8) is 0 Å². The van der Waals surface area contributed by atoms with Crippen LogP contribution in [0.3, 0.4) is 0 Å². The molecule has 0 saturated heterocycles. The molecule has 0 aliphatic heterocycles. The standard InChI is InChI=1S/C16H28N4S/c1-12-8-10-13(11-9-12)19(2)15-17-18-16(21)20(15)14-6-4-3-5-7-14/h12-14H,3-11H2,1-2H3,(H,18,21). The quantitative estimate of drug-likeness (QED) is 0.838. The van der Waals surface area contributed by atoms with Gasteiger partial charge in [-0.15, -0.1) is 5.10 Å². The molecule has 0 amide bonds. The van der Waals surface area contributed by atoms with Crippen LogP contribution in [0.2, 0.25) is 0 Å². The molecule has 0 aromatic carbocycles. The van der Waals surface area contributed by atoms with Gasteiger partial charge in [0.15, 0.2) is 4.77 Å². The van der Waals surface area contributed by atoms with Crippen molar-refractivity contribution in [3.05, 3.63) is 4.77 Å². The zero-order chi connectivity index (χ0) is 14.8. The Labute approximate surface area is 132 Å². The van der Waals surface area contributed by atoms with E-state index in [1.54, 1.807) is 0 Å². The number of anilines is 1. The molecule has 0 unspecified atom stereocenters. The van der Waals surface area contributed by atoms with Crippen molar-refractivity contribution in [3.8, 4) is 0 Å². The van der Waals surface area contributed by atoms with E-state index in [2.05, 4.69) is 33.6 Å². The topological polar surface area (TPSA) is 36.9 Å². The first kappa shape index (κ1) is 15.1. The van der Waals surface area contributed by atoms with Gasteiger partial charge in [0, 0.05) is 19.1 Å². The van der Waals surface area contributed by atoms with Crippen LogP contribution in [0.5, 0.6) is 0 Å². The minimum Gasteiger partial charge on any atom is -0.341 e. The molecule has 2 saturated carbocycles. The molecule has 1 N–H and O–H groups in total. The molecule has 1 aromatic heterocycles. The second kappa shape index (κ2) is 6.51. The van der Waals surface area contributed by atoms with E-state index in [4.69, 9.17) is 12.2 Å². The van der Waals surface area contributed by atoms with Crippen molar-refractivity contribution in [2.45, 2.75) is 76.8 Å². The molecule has 1 heterocycles. The molecule has 0 atom stereocenters. The zero-order valence-corrected chi connectivity index (χ0v) is 14.2. The van der Waals surface area contributed by atoms with Crippen molar-refractivity contribution in [1.29, 1.82) is 0 Å². The minimum atomic E-state index is 0.546. The Morgan fingerprint density at radius 3 is 2.43 bits per heavy atom. The van der Waals surface area contributed by atoms with Crippen molar-refractivity contribution < 1.29 is 0 Å². The first-order valence-corrected chi connectivity index (χ1v) is 8.97. The number of aromatic nitrogens is 3. The predicted molar refractivity (Wildman–Crippen MR) is 89.4 cm³/mol. The van der Waals surface area contributed by atoms with Crippen LogP contribution in [-0.2, 0) is 0 Å². The summed E-state index contributed by atoms with van der Waals surface area (Å²) in [6, 6.07) is 1.17. The predicted octanol–water partition coefficient (Wildman–Crippen LogP) is 4.46. The first-order chi connectivity index (χ1) is 10.2. The number of nitrogens with zero attached hydrogens (tertiary/aromatic N) is 3. The summed E-state index contributed by atoms with van der Waals surface area (Å²) in [4.78, 5) is 2.38. The molecule has 1 aromatic rings. The molecule has 2 aliphatic carbocycles. The molecule has 118 valence electrons. The van der Waals surface area contributed by atoms with Gasteiger partial charge in [-0.2, -0.15) is 0 Å². The van der Waals surface area contributed by atoms with Crippen LogP contribution in [0, 0.1) is 10.7 Å². The van der Waals surface area contributed by atoms with E-state index in [0.29, 0.717) is 12.1 Å². The Morgan fingerprint density at radius 2 is 1.76 bits per heavy atom. The number of hydrogen-bond donors (Lipinski definition) is 1. The summed E-state index contributed by atoms with van der Waals surface area (Å²) in [5.74, 6) is 1.94. The molecular formula is C16H28N4S. The lowest BCUT2D eigenvalue weighted by Gasteiger charge is -2.35. The summed E-state index contributed by atoms with van der Waals surface area (Å²) in [6.07, 6.45) is 11.7. The van der Waals surface area contributed by atoms with Gasteiger partial charge in [0.2, 0.25) is 5.95 Å². The average Bonchev–Trinajstić information content (AvgIpc) is 2.90. The van der Waals surface area contributed by atoms with E-state index in [0.717, 1.165) is 16.6 Å². The van der Waals surface area contributed by atoms with Crippen molar-refractivity contribution >= 4 is 18.2 Å². The third-order valence-electron chi connectivity index (χ3n) is 5.47. The summed E-state index contributed by atoms with van der Waals surface area (Å²) in [7, 11) is 2.20. The first-order valence-electron chi connectivity index (χ1n) is 8.56. The highest BCUT2D eigenvalue weighted by atomic mass is 32.1. The summed E-state index contributed by atoms with van der Waals surface area (Å²) >= 11 is 5.51. The van der Waals surface area contributed by atoms with Crippen LogP contribution in [-0.4, -0.2) is 27.9 Å². The highest BCUT2D eigenvalue weighted by Crippen LogP contribution is 2.33. The van der Waals surface area contributed by atoms with Gasteiger partial charge in [0.05, 0.1) is 0 Å². The van der Waals surface area contributed by atoms with Gasteiger partial charge in [0.25, 0.3) is 0 Å². The highest BCUT2D eigenvalue weighted by Gasteiger charge is 2.27. The van der Waals surface area contributed by atoms with Gasteiger partial charge < -0.3 is 4.90 Å². The lowest BCUT2D eigenvalue weighted by Crippen LogP contribution is -2.37. The zero-order valence-electron chi connectivity index (χ0n) is 13.3. The molecule has 3 rings (SSSR count). The maximum Gasteiger partial charge on any atom is 0.225 e. The number of nitrogens with one attached hydrogen (secondary N) is 1.